The van der Waals surface area contributed by atoms with Gasteiger partial charge in [-0.25, -0.2) is 9.97 Å². The second-order valence-corrected chi connectivity index (χ2v) is 20.1. The summed E-state index contributed by atoms with van der Waals surface area (Å²) in [4.78, 5) is 13.0. The molecule has 0 spiro atoms. The summed E-state index contributed by atoms with van der Waals surface area (Å²) >= 11 is 1.85. The van der Waals surface area contributed by atoms with Crippen molar-refractivity contribution in [1.29, 1.82) is 0 Å². The van der Waals surface area contributed by atoms with Crippen LogP contribution in [0.5, 0.6) is 0 Å². The minimum Gasteiger partial charge on any atom is -0.310 e. The Kier molecular flexibility index (Phi) is 9.07. The number of benzene rings is 10. The Bertz CT molecular complexity index is 4220. The van der Waals surface area contributed by atoms with E-state index >= 15 is 0 Å². The Morgan fingerprint density at radius 1 is 0.400 bits per heavy atom. The molecule has 1 aliphatic carbocycles. The molecule has 0 unspecified atom stereocenters. The zero-order chi connectivity index (χ0) is 46.5. The Balaban J connectivity index is 0.913. The highest BCUT2D eigenvalue weighted by Gasteiger charge is 2.35. The molecule has 10 aromatic carbocycles. The van der Waals surface area contributed by atoms with Gasteiger partial charge in [-0.1, -0.05) is 159 Å². The van der Waals surface area contributed by atoms with Crippen molar-refractivity contribution in [2.24, 2.45) is 0 Å². The van der Waals surface area contributed by atoms with Crippen molar-refractivity contribution in [3.8, 4) is 50.6 Å². The third-order valence-electron chi connectivity index (χ3n) is 14.6. The maximum atomic E-state index is 5.34. The Morgan fingerprint density at radius 2 is 1.04 bits per heavy atom. The predicted molar refractivity (Wildman–Crippen MR) is 295 cm³/mol. The maximum Gasteiger partial charge on any atom is 0.160 e. The monoisotopic (exact) mass is 912 g/mol. The molecule has 0 saturated heterocycles. The van der Waals surface area contributed by atoms with Crippen LogP contribution in [0.1, 0.15) is 25.0 Å². The van der Waals surface area contributed by atoms with Gasteiger partial charge in [-0.15, -0.1) is 11.3 Å². The van der Waals surface area contributed by atoms with Crippen LogP contribution in [0.15, 0.2) is 231 Å². The number of rotatable bonds is 7. The molecule has 0 bridgehead atoms. The van der Waals surface area contributed by atoms with Gasteiger partial charge in [0.15, 0.2) is 5.82 Å². The smallest absolute Gasteiger partial charge is 0.160 e. The Hall–Kier alpha value is -8.64. The first-order chi connectivity index (χ1) is 34.4. The molecule has 4 nitrogen and oxygen atoms in total. The zero-order valence-corrected chi connectivity index (χ0v) is 39.5. The van der Waals surface area contributed by atoms with Crippen molar-refractivity contribution in [3.05, 3.63) is 242 Å². The fraction of sp³-hybridized carbons (Fsp3) is 0.0462. The molecular formula is C65H44N4S. The van der Waals surface area contributed by atoms with Crippen LogP contribution >= 0.6 is 11.3 Å². The third-order valence-corrected chi connectivity index (χ3v) is 15.7. The SMILES string of the molecule is CC1(C)c2ccccc2-c2cc(N(c3cccc(-n4c5ccccc5c5cc(-c6nc(-c7ccc(-c8ccccc8)cc7)c7ccccc7n6)ccc54)c3)c3ccc4sc5ccccc5c4c3)ccc21. The van der Waals surface area contributed by atoms with Crippen molar-refractivity contribution in [1.82, 2.24) is 14.5 Å². The number of aromatic nitrogens is 3. The lowest BCUT2D eigenvalue weighted by molar-refractivity contribution is 0.660. The van der Waals surface area contributed by atoms with Crippen LogP contribution in [-0.2, 0) is 5.41 Å². The highest BCUT2D eigenvalue weighted by Crippen LogP contribution is 2.51. The van der Waals surface area contributed by atoms with Gasteiger partial charge in [-0.3, -0.25) is 0 Å². The molecule has 1 aliphatic rings. The first-order valence-electron chi connectivity index (χ1n) is 24.0. The standard InChI is InChI=1S/C65H44N4S/c1-65(2)56-23-10-6-19-49(56)53-39-47(32-34-57(53)65)68(48-33-36-62-55(40-48)51-21-9-13-26-61(51)70-62)45-17-14-18-46(38-45)69-59-25-12-8-20-50(59)54-37-44(31-35-60(54)69)64-66-58-24-11-7-22-52(58)63(67-64)43-29-27-42(28-30-43)41-15-4-3-5-16-41/h3-40H,1-2H3. The molecule has 3 heterocycles. The number of hydrogen-bond donors (Lipinski definition) is 0. The molecule has 0 saturated carbocycles. The summed E-state index contributed by atoms with van der Waals surface area (Å²) in [6.07, 6.45) is 0. The van der Waals surface area contributed by atoms with Gasteiger partial charge in [-0.05, 0) is 118 Å². The second-order valence-electron chi connectivity index (χ2n) is 19.0. The van der Waals surface area contributed by atoms with Gasteiger partial charge < -0.3 is 9.47 Å². The van der Waals surface area contributed by atoms with E-state index in [1.54, 1.807) is 0 Å². The van der Waals surface area contributed by atoms with E-state index in [1.165, 1.54) is 58.9 Å². The van der Waals surface area contributed by atoms with E-state index in [-0.39, 0.29) is 5.41 Å². The summed E-state index contributed by atoms with van der Waals surface area (Å²) in [5.74, 6) is 0.702. The van der Waals surface area contributed by atoms with E-state index in [9.17, 15) is 0 Å². The molecule has 0 atom stereocenters. The van der Waals surface area contributed by atoms with E-state index in [2.05, 4.69) is 254 Å². The van der Waals surface area contributed by atoms with Crippen molar-refractivity contribution in [3.63, 3.8) is 0 Å². The van der Waals surface area contributed by atoms with Gasteiger partial charge in [0.1, 0.15) is 0 Å². The number of hydrogen-bond acceptors (Lipinski definition) is 4. The fourth-order valence-corrected chi connectivity index (χ4v) is 12.3. The minimum absolute atomic E-state index is 0.0854. The number of nitrogens with zero attached hydrogens (tertiary/aromatic N) is 4. The Labute approximate surface area is 410 Å². The molecular weight excluding hydrogens is 869 g/mol. The van der Waals surface area contributed by atoms with Gasteiger partial charge in [0.25, 0.3) is 0 Å². The third kappa shape index (κ3) is 6.36. The maximum absolute atomic E-state index is 5.34. The number of para-hydroxylation sites is 2. The lowest BCUT2D eigenvalue weighted by atomic mass is 9.82. The van der Waals surface area contributed by atoms with Gasteiger partial charge in [0.2, 0.25) is 0 Å². The van der Waals surface area contributed by atoms with Crippen LogP contribution in [0.3, 0.4) is 0 Å². The quantitative estimate of drug-likeness (QED) is 0.160. The Morgan fingerprint density at radius 3 is 1.93 bits per heavy atom. The lowest BCUT2D eigenvalue weighted by Gasteiger charge is -2.28. The molecule has 5 heteroatoms. The summed E-state index contributed by atoms with van der Waals surface area (Å²) < 4.78 is 5.00. The number of thiophene rings is 1. The first-order valence-corrected chi connectivity index (χ1v) is 24.8. The number of fused-ring (bicyclic) bond motifs is 10. The molecule has 13 aromatic rings. The topological polar surface area (TPSA) is 34.0 Å². The van der Waals surface area contributed by atoms with E-state index in [0.717, 1.165) is 66.9 Å². The number of anilines is 3. The summed E-state index contributed by atoms with van der Waals surface area (Å²) in [6.45, 7) is 4.70. The van der Waals surface area contributed by atoms with Crippen LogP contribution in [0, 0.1) is 0 Å². The van der Waals surface area contributed by atoms with Crippen LogP contribution < -0.4 is 4.90 Å². The summed E-state index contributed by atoms with van der Waals surface area (Å²) in [5.41, 5.74) is 18.2. The minimum atomic E-state index is -0.0854. The molecule has 0 aliphatic heterocycles. The summed E-state index contributed by atoms with van der Waals surface area (Å²) in [5, 5.41) is 5.91. The highest BCUT2D eigenvalue weighted by atomic mass is 32.1. The van der Waals surface area contributed by atoms with Gasteiger partial charge in [-0.2, -0.15) is 0 Å². The molecule has 0 amide bonds. The summed E-state index contributed by atoms with van der Waals surface area (Å²) in [7, 11) is 0. The van der Waals surface area contributed by atoms with Crippen molar-refractivity contribution >= 4 is 81.3 Å². The zero-order valence-electron chi connectivity index (χ0n) is 38.6. The first kappa shape index (κ1) is 40.4. The molecule has 330 valence electrons. The highest BCUT2D eigenvalue weighted by molar-refractivity contribution is 7.25. The van der Waals surface area contributed by atoms with E-state index < -0.39 is 0 Å². The summed E-state index contributed by atoms with van der Waals surface area (Å²) in [6, 6.07) is 83.8. The average Bonchev–Trinajstić information content (AvgIpc) is 4.03. The van der Waals surface area contributed by atoms with Gasteiger partial charge >= 0.3 is 0 Å². The van der Waals surface area contributed by atoms with Crippen LogP contribution in [-0.4, -0.2) is 14.5 Å². The molecule has 0 radical (unpaired) electrons. The van der Waals surface area contributed by atoms with Gasteiger partial charge in [0, 0.05) is 75.6 Å². The molecule has 14 rings (SSSR count). The van der Waals surface area contributed by atoms with E-state index in [1.807, 2.05) is 11.3 Å². The second kappa shape index (κ2) is 15.7. The largest absolute Gasteiger partial charge is 0.310 e. The van der Waals surface area contributed by atoms with E-state index in [4.69, 9.17) is 9.97 Å². The predicted octanol–water partition coefficient (Wildman–Crippen LogP) is 17.9. The molecule has 0 N–H and O–H groups in total. The average molecular weight is 913 g/mol. The molecule has 3 aromatic heterocycles. The lowest BCUT2D eigenvalue weighted by Crippen LogP contribution is -2.15. The fourth-order valence-electron chi connectivity index (χ4n) is 11.2. The molecule has 70 heavy (non-hydrogen) atoms. The van der Waals surface area contributed by atoms with Crippen molar-refractivity contribution in [2.75, 3.05) is 4.90 Å². The normalized spacial score (nSPS) is 12.8. The van der Waals surface area contributed by atoms with E-state index in [0.29, 0.717) is 5.82 Å². The van der Waals surface area contributed by atoms with Crippen molar-refractivity contribution < 1.29 is 0 Å². The molecule has 0 fully saturated rings. The van der Waals surface area contributed by atoms with Crippen molar-refractivity contribution in [2.45, 2.75) is 19.3 Å². The van der Waals surface area contributed by atoms with Crippen LogP contribution in [0.2, 0.25) is 0 Å². The van der Waals surface area contributed by atoms with Crippen LogP contribution in [0.25, 0.3) is 103 Å². The van der Waals surface area contributed by atoms with Crippen LogP contribution in [0.4, 0.5) is 17.1 Å². The van der Waals surface area contributed by atoms with Gasteiger partial charge in [0.05, 0.1) is 22.2 Å².